The number of benzene rings is 1. The van der Waals surface area contributed by atoms with Crippen LogP contribution < -0.4 is 5.32 Å². The monoisotopic (exact) mass is 337 g/mol. The van der Waals surface area contributed by atoms with Gasteiger partial charge in [-0.3, -0.25) is 4.79 Å². The minimum Gasteiger partial charge on any atom is -0.334 e. The van der Waals surface area contributed by atoms with Crippen LogP contribution in [0.2, 0.25) is 0 Å². The fourth-order valence-electron chi connectivity index (χ4n) is 4.20. The van der Waals surface area contributed by atoms with Crippen LogP contribution in [0, 0.1) is 5.92 Å². The van der Waals surface area contributed by atoms with Crippen LogP contribution in [0.3, 0.4) is 0 Å². The molecular formula is C21H27N3O. The van der Waals surface area contributed by atoms with Gasteiger partial charge >= 0.3 is 0 Å². The highest BCUT2D eigenvalue weighted by molar-refractivity contribution is 5.95. The number of nitrogens with one attached hydrogen (secondary N) is 1. The molecule has 4 rings (SSSR count). The number of carbonyl (C=O) groups excluding carboxylic acids is 1. The van der Waals surface area contributed by atoms with E-state index in [0.717, 1.165) is 42.2 Å². The van der Waals surface area contributed by atoms with Gasteiger partial charge in [-0.1, -0.05) is 43.9 Å². The maximum atomic E-state index is 12.4. The first kappa shape index (κ1) is 16.4. The molecule has 4 heteroatoms. The van der Waals surface area contributed by atoms with Crippen LogP contribution >= 0.6 is 0 Å². The van der Waals surface area contributed by atoms with Gasteiger partial charge in [-0.05, 0) is 31.2 Å². The largest absolute Gasteiger partial charge is 0.334 e. The van der Waals surface area contributed by atoms with E-state index in [1.54, 1.807) is 0 Å². The van der Waals surface area contributed by atoms with Crippen molar-refractivity contribution in [2.75, 3.05) is 5.32 Å². The highest BCUT2D eigenvalue weighted by atomic mass is 16.1. The highest BCUT2D eigenvalue weighted by Crippen LogP contribution is 2.30. The zero-order valence-corrected chi connectivity index (χ0v) is 14.8. The molecule has 0 saturated heterocycles. The zero-order chi connectivity index (χ0) is 17.1. The van der Waals surface area contributed by atoms with Gasteiger partial charge in [0.2, 0.25) is 5.91 Å². The predicted molar refractivity (Wildman–Crippen MR) is 100 cm³/mol. The fraction of sp³-hybridized carbons (Fsp3) is 0.524. The average molecular weight is 337 g/mol. The molecule has 1 fully saturated rings. The first-order valence-corrected chi connectivity index (χ1v) is 9.75. The van der Waals surface area contributed by atoms with Crippen LogP contribution in [0.25, 0.3) is 11.3 Å². The first-order chi connectivity index (χ1) is 12.3. The van der Waals surface area contributed by atoms with Crippen molar-refractivity contribution in [3.63, 3.8) is 0 Å². The summed E-state index contributed by atoms with van der Waals surface area (Å²) in [4.78, 5) is 17.2. The van der Waals surface area contributed by atoms with Crippen molar-refractivity contribution in [3.8, 4) is 11.3 Å². The second kappa shape index (κ2) is 7.42. The number of para-hydroxylation sites is 1. The predicted octanol–water partition coefficient (Wildman–Crippen LogP) is 4.80. The number of anilines is 1. The Morgan fingerprint density at radius 1 is 1.16 bits per heavy atom. The third-order valence-electron chi connectivity index (χ3n) is 5.64. The van der Waals surface area contributed by atoms with Crippen molar-refractivity contribution in [2.24, 2.45) is 5.92 Å². The SMILES string of the molecule is O=C(CCC1CCCC1)Nc1ccccc1-c1cn2c(n1)CCCC2. The lowest BCUT2D eigenvalue weighted by atomic mass is 10.0. The van der Waals surface area contributed by atoms with Crippen molar-refractivity contribution in [3.05, 3.63) is 36.3 Å². The molecule has 1 aliphatic carbocycles. The van der Waals surface area contributed by atoms with Gasteiger partial charge in [0, 0.05) is 31.1 Å². The van der Waals surface area contributed by atoms with Crippen LogP contribution in [0.1, 0.15) is 57.2 Å². The van der Waals surface area contributed by atoms with E-state index >= 15 is 0 Å². The number of hydrogen-bond donors (Lipinski definition) is 1. The Balaban J connectivity index is 1.47. The first-order valence-electron chi connectivity index (χ1n) is 9.75. The molecule has 2 aliphatic rings. The third-order valence-corrected chi connectivity index (χ3v) is 5.64. The molecule has 1 aromatic carbocycles. The number of rotatable bonds is 5. The van der Waals surface area contributed by atoms with E-state index in [1.165, 1.54) is 44.3 Å². The quantitative estimate of drug-likeness (QED) is 0.852. The Bertz CT molecular complexity index is 720. The number of amides is 1. The molecule has 2 heterocycles. The Morgan fingerprint density at radius 3 is 2.84 bits per heavy atom. The van der Waals surface area contributed by atoms with Crippen molar-refractivity contribution in [1.82, 2.24) is 9.55 Å². The Morgan fingerprint density at radius 2 is 2.00 bits per heavy atom. The second-order valence-electron chi connectivity index (χ2n) is 7.48. The smallest absolute Gasteiger partial charge is 0.224 e. The Kier molecular flexibility index (Phi) is 4.86. The molecule has 25 heavy (non-hydrogen) atoms. The summed E-state index contributed by atoms with van der Waals surface area (Å²) in [6.45, 7) is 1.05. The van der Waals surface area contributed by atoms with Gasteiger partial charge in [-0.2, -0.15) is 0 Å². The third kappa shape index (κ3) is 3.78. The molecule has 0 atom stereocenters. The average Bonchev–Trinajstić information content (AvgIpc) is 3.30. The Hall–Kier alpha value is -2.10. The number of hydrogen-bond acceptors (Lipinski definition) is 2. The minimum absolute atomic E-state index is 0.128. The van der Waals surface area contributed by atoms with Gasteiger partial charge in [0.25, 0.3) is 0 Å². The molecule has 2 aromatic rings. The molecule has 1 aliphatic heterocycles. The fourth-order valence-corrected chi connectivity index (χ4v) is 4.20. The van der Waals surface area contributed by atoms with E-state index in [0.29, 0.717) is 6.42 Å². The molecular weight excluding hydrogens is 310 g/mol. The summed E-state index contributed by atoms with van der Waals surface area (Å²) in [5.74, 6) is 2.05. The van der Waals surface area contributed by atoms with Crippen LogP contribution in [0.15, 0.2) is 30.5 Å². The van der Waals surface area contributed by atoms with Crippen molar-refractivity contribution in [2.45, 2.75) is 64.3 Å². The normalized spacial score (nSPS) is 17.4. The molecule has 0 spiro atoms. The molecule has 1 amide bonds. The highest BCUT2D eigenvalue weighted by Gasteiger charge is 2.18. The number of aromatic nitrogens is 2. The number of aryl methyl sites for hydroxylation is 2. The molecule has 4 nitrogen and oxygen atoms in total. The van der Waals surface area contributed by atoms with E-state index in [9.17, 15) is 4.79 Å². The summed E-state index contributed by atoms with van der Waals surface area (Å²) < 4.78 is 2.26. The van der Waals surface area contributed by atoms with Gasteiger partial charge in [-0.15, -0.1) is 0 Å². The van der Waals surface area contributed by atoms with Crippen molar-refractivity contribution >= 4 is 11.6 Å². The summed E-state index contributed by atoms with van der Waals surface area (Å²) in [6.07, 6.45) is 12.5. The molecule has 1 saturated carbocycles. The Labute approximate surface area is 149 Å². The van der Waals surface area contributed by atoms with Crippen LogP contribution in [-0.2, 0) is 17.8 Å². The van der Waals surface area contributed by atoms with E-state index in [-0.39, 0.29) is 5.91 Å². The summed E-state index contributed by atoms with van der Waals surface area (Å²) in [7, 11) is 0. The van der Waals surface area contributed by atoms with Gasteiger partial charge < -0.3 is 9.88 Å². The maximum Gasteiger partial charge on any atom is 0.224 e. The lowest BCUT2D eigenvalue weighted by Gasteiger charge is -2.12. The summed E-state index contributed by atoms with van der Waals surface area (Å²) in [5, 5.41) is 3.13. The molecule has 1 aromatic heterocycles. The number of nitrogens with zero attached hydrogens (tertiary/aromatic N) is 2. The molecule has 0 unspecified atom stereocenters. The minimum atomic E-state index is 0.128. The van der Waals surface area contributed by atoms with Crippen molar-refractivity contribution in [1.29, 1.82) is 0 Å². The van der Waals surface area contributed by atoms with Gasteiger partial charge in [0.1, 0.15) is 5.82 Å². The van der Waals surface area contributed by atoms with Crippen LogP contribution in [0.4, 0.5) is 5.69 Å². The standard InChI is InChI=1S/C21H27N3O/c25-21(13-12-16-7-1-2-8-16)23-18-10-4-3-9-17(18)19-15-24-14-6-5-11-20(24)22-19/h3-4,9-10,15-16H,1-2,5-8,11-14H2,(H,23,25). The zero-order valence-electron chi connectivity index (χ0n) is 14.8. The summed E-state index contributed by atoms with van der Waals surface area (Å²) in [6, 6.07) is 8.04. The molecule has 132 valence electrons. The van der Waals surface area contributed by atoms with Gasteiger partial charge in [-0.25, -0.2) is 4.98 Å². The lowest BCUT2D eigenvalue weighted by Crippen LogP contribution is -2.13. The lowest BCUT2D eigenvalue weighted by molar-refractivity contribution is -0.116. The number of fused-ring (bicyclic) bond motifs is 1. The van der Waals surface area contributed by atoms with Crippen molar-refractivity contribution < 1.29 is 4.79 Å². The maximum absolute atomic E-state index is 12.4. The molecule has 0 radical (unpaired) electrons. The van der Waals surface area contributed by atoms with E-state index in [2.05, 4.69) is 22.1 Å². The van der Waals surface area contributed by atoms with Gasteiger partial charge in [0.05, 0.1) is 11.4 Å². The van der Waals surface area contributed by atoms with E-state index in [4.69, 9.17) is 4.98 Å². The summed E-state index contributed by atoms with van der Waals surface area (Å²) in [5.41, 5.74) is 2.89. The number of carbonyl (C=O) groups is 1. The number of imidazole rings is 1. The van der Waals surface area contributed by atoms with Crippen LogP contribution in [0.5, 0.6) is 0 Å². The molecule has 1 N–H and O–H groups in total. The van der Waals surface area contributed by atoms with Crippen LogP contribution in [-0.4, -0.2) is 15.5 Å². The molecule has 0 bridgehead atoms. The second-order valence-corrected chi connectivity index (χ2v) is 7.48. The van der Waals surface area contributed by atoms with Gasteiger partial charge in [0.15, 0.2) is 0 Å². The van der Waals surface area contributed by atoms with E-state index < -0.39 is 0 Å². The summed E-state index contributed by atoms with van der Waals surface area (Å²) >= 11 is 0. The topological polar surface area (TPSA) is 46.9 Å². The van der Waals surface area contributed by atoms with E-state index in [1.807, 2.05) is 18.2 Å².